The van der Waals surface area contributed by atoms with Crippen molar-refractivity contribution in [2.45, 2.75) is 33.0 Å². The van der Waals surface area contributed by atoms with Crippen molar-refractivity contribution in [1.29, 1.82) is 0 Å². The average molecular weight is 356 g/mol. The molecule has 0 saturated heterocycles. The van der Waals surface area contributed by atoms with Crippen LogP contribution in [0.2, 0.25) is 0 Å². The Morgan fingerprint density at radius 3 is 2.56 bits per heavy atom. The molecule has 0 radical (unpaired) electrons. The predicted octanol–water partition coefficient (Wildman–Crippen LogP) is 3.53. The summed E-state index contributed by atoms with van der Waals surface area (Å²) in [6.07, 6.45) is -4.53. The minimum atomic E-state index is -4.53. The fourth-order valence-corrected chi connectivity index (χ4v) is 2.62. The van der Waals surface area contributed by atoms with Crippen LogP contribution in [-0.2, 0) is 15.7 Å². The Hall–Kier alpha value is -2.51. The monoisotopic (exact) mass is 356 g/mol. The number of esters is 1. The molecule has 2 rings (SSSR count). The predicted molar refractivity (Wildman–Crippen MR) is 84.3 cm³/mol. The second kappa shape index (κ2) is 7.16. The van der Waals surface area contributed by atoms with Gasteiger partial charge in [-0.3, -0.25) is 0 Å². The highest BCUT2D eigenvalue weighted by atomic mass is 19.4. The molecule has 1 aromatic carbocycles. The molecule has 1 aliphatic heterocycles. The molecule has 0 aliphatic carbocycles. The maximum Gasteiger partial charge on any atom is 0.416 e. The summed E-state index contributed by atoms with van der Waals surface area (Å²) in [4.78, 5) is 24.3. The number of rotatable bonds is 4. The van der Waals surface area contributed by atoms with E-state index in [9.17, 15) is 22.8 Å². The van der Waals surface area contributed by atoms with Crippen molar-refractivity contribution in [2.24, 2.45) is 5.92 Å². The SMILES string of the molecule is CCOC(=O)C1=C(C(C)C)NC(=O)NC1c1cccc(C(F)(F)F)c1. The molecule has 0 aromatic heterocycles. The minimum Gasteiger partial charge on any atom is -0.463 e. The highest BCUT2D eigenvalue weighted by Gasteiger charge is 2.36. The van der Waals surface area contributed by atoms with Crippen LogP contribution >= 0.6 is 0 Å². The first-order valence-corrected chi connectivity index (χ1v) is 7.81. The van der Waals surface area contributed by atoms with Crippen LogP contribution < -0.4 is 10.6 Å². The summed E-state index contributed by atoms with van der Waals surface area (Å²) in [5, 5.41) is 5.07. The second-order valence-corrected chi connectivity index (χ2v) is 5.86. The Labute approximate surface area is 143 Å². The molecule has 1 atom stereocenters. The normalized spacial score (nSPS) is 18.0. The summed E-state index contributed by atoms with van der Waals surface area (Å²) >= 11 is 0. The first-order valence-electron chi connectivity index (χ1n) is 7.81. The fraction of sp³-hybridized carbons (Fsp3) is 0.412. The molecule has 0 bridgehead atoms. The number of allylic oxidation sites excluding steroid dienone is 1. The van der Waals surface area contributed by atoms with E-state index in [0.717, 1.165) is 12.1 Å². The summed E-state index contributed by atoms with van der Waals surface area (Å²) in [5.74, 6) is -0.903. The van der Waals surface area contributed by atoms with Crippen LogP contribution in [0.5, 0.6) is 0 Å². The number of urea groups is 1. The van der Waals surface area contributed by atoms with Crippen LogP contribution in [0.3, 0.4) is 0 Å². The molecule has 0 saturated carbocycles. The summed E-state index contributed by atoms with van der Waals surface area (Å²) in [7, 11) is 0. The highest BCUT2D eigenvalue weighted by molar-refractivity contribution is 5.95. The number of hydrogen-bond donors (Lipinski definition) is 2. The molecule has 8 heteroatoms. The van der Waals surface area contributed by atoms with Crippen LogP contribution in [0.25, 0.3) is 0 Å². The lowest BCUT2D eigenvalue weighted by Crippen LogP contribution is -2.47. The van der Waals surface area contributed by atoms with Crippen LogP contribution in [0.1, 0.15) is 37.9 Å². The largest absolute Gasteiger partial charge is 0.463 e. The number of ether oxygens (including phenoxy) is 1. The number of amides is 2. The van der Waals surface area contributed by atoms with E-state index in [-0.39, 0.29) is 23.7 Å². The maximum absolute atomic E-state index is 13.0. The molecule has 2 N–H and O–H groups in total. The molecule has 1 heterocycles. The van der Waals surface area contributed by atoms with E-state index in [1.54, 1.807) is 20.8 Å². The van der Waals surface area contributed by atoms with E-state index < -0.39 is 29.8 Å². The van der Waals surface area contributed by atoms with Gasteiger partial charge in [0, 0.05) is 5.70 Å². The Bertz CT molecular complexity index is 711. The van der Waals surface area contributed by atoms with Gasteiger partial charge >= 0.3 is 18.2 Å². The quantitative estimate of drug-likeness (QED) is 0.811. The third kappa shape index (κ3) is 4.12. The molecule has 1 aliphatic rings. The first-order chi connectivity index (χ1) is 11.6. The molecule has 136 valence electrons. The Kier molecular flexibility index (Phi) is 5.39. The second-order valence-electron chi connectivity index (χ2n) is 5.86. The van der Waals surface area contributed by atoms with Crippen molar-refractivity contribution in [3.8, 4) is 0 Å². The topological polar surface area (TPSA) is 67.4 Å². The van der Waals surface area contributed by atoms with Crippen LogP contribution in [-0.4, -0.2) is 18.6 Å². The molecule has 5 nitrogen and oxygen atoms in total. The van der Waals surface area contributed by atoms with Gasteiger partial charge in [-0.25, -0.2) is 9.59 Å². The lowest BCUT2D eigenvalue weighted by Gasteiger charge is -2.31. The van der Waals surface area contributed by atoms with Gasteiger partial charge in [0.05, 0.1) is 23.8 Å². The van der Waals surface area contributed by atoms with Crippen molar-refractivity contribution in [3.63, 3.8) is 0 Å². The lowest BCUT2D eigenvalue weighted by molar-refractivity contribution is -0.139. The zero-order chi connectivity index (χ0) is 18.8. The summed E-state index contributed by atoms with van der Waals surface area (Å²) < 4.78 is 44.0. The first kappa shape index (κ1) is 18.8. The zero-order valence-electron chi connectivity index (χ0n) is 14.0. The van der Waals surface area contributed by atoms with Crippen LogP contribution in [0, 0.1) is 5.92 Å². The van der Waals surface area contributed by atoms with Crippen molar-refractivity contribution >= 4 is 12.0 Å². The number of hydrogen-bond acceptors (Lipinski definition) is 3. The zero-order valence-corrected chi connectivity index (χ0v) is 14.0. The van der Waals surface area contributed by atoms with Gasteiger partial charge in [0.15, 0.2) is 0 Å². The van der Waals surface area contributed by atoms with Crippen molar-refractivity contribution in [3.05, 3.63) is 46.7 Å². The summed E-state index contributed by atoms with van der Waals surface area (Å²) in [6.45, 7) is 5.27. The lowest BCUT2D eigenvalue weighted by atomic mass is 9.90. The van der Waals surface area contributed by atoms with E-state index in [1.807, 2.05) is 0 Å². The number of benzene rings is 1. The maximum atomic E-state index is 13.0. The Balaban J connectivity index is 2.58. The smallest absolute Gasteiger partial charge is 0.416 e. The molecular formula is C17H19F3N2O3. The number of nitrogens with one attached hydrogen (secondary N) is 2. The van der Waals surface area contributed by atoms with Crippen LogP contribution in [0.15, 0.2) is 35.5 Å². The molecule has 25 heavy (non-hydrogen) atoms. The van der Waals surface area contributed by atoms with Gasteiger partial charge in [0.1, 0.15) is 0 Å². The van der Waals surface area contributed by atoms with E-state index in [4.69, 9.17) is 4.74 Å². The van der Waals surface area contributed by atoms with Gasteiger partial charge in [-0.1, -0.05) is 26.0 Å². The Morgan fingerprint density at radius 2 is 2.00 bits per heavy atom. The number of alkyl halides is 3. The fourth-order valence-electron chi connectivity index (χ4n) is 2.62. The highest BCUT2D eigenvalue weighted by Crippen LogP contribution is 2.34. The van der Waals surface area contributed by atoms with E-state index >= 15 is 0 Å². The molecule has 2 amide bonds. The third-order valence-electron chi connectivity index (χ3n) is 3.72. The van der Waals surface area contributed by atoms with Gasteiger partial charge in [-0.15, -0.1) is 0 Å². The minimum absolute atomic E-state index is 0.107. The van der Waals surface area contributed by atoms with Crippen molar-refractivity contribution in [2.75, 3.05) is 6.61 Å². The summed E-state index contributed by atoms with van der Waals surface area (Å²) in [6, 6.07) is 2.93. The van der Waals surface area contributed by atoms with Gasteiger partial charge in [-0.05, 0) is 30.5 Å². The number of carbonyl (C=O) groups is 2. The van der Waals surface area contributed by atoms with E-state index in [0.29, 0.717) is 5.70 Å². The number of carbonyl (C=O) groups excluding carboxylic acids is 2. The molecule has 1 unspecified atom stereocenters. The number of halogens is 3. The average Bonchev–Trinajstić information content (AvgIpc) is 2.53. The van der Waals surface area contributed by atoms with Crippen molar-refractivity contribution in [1.82, 2.24) is 10.6 Å². The standard InChI is InChI=1S/C17H19F3N2O3/c1-4-25-15(23)12-13(9(2)3)21-16(24)22-14(12)10-6-5-7-11(8-10)17(18,19)20/h5-9,14H,4H2,1-3H3,(H2,21,22,24). The van der Waals surface area contributed by atoms with Crippen LogP contribution in [0.4, 0.5) is 18.0 Å². The molecular weight excluding hydrogens is 337 g/mol. The molecule has 0 spiro atoms. The van der Waals surface area contributed by atoms with E-state index in [1.165, 1.54) is 12.1 Å². The van der Waals surface area contributed by atoms with Gasteiger partial charge in [0.2, 0.25) is 0 Å². The molecule has 1 aromatic rings. The Morgan fingerprint density at radius 1 is 1.32 bits per heavy atom. The molecule has 0 fully saturated rings. The van der Waals surface area contributed by atoms with Gasteiger partial charge in [-0.2, -0.15) is 13.2 Å². The van der Waals surface area contributed by atoms with Crippen molar-refractivity contribution < 1.29 is 27.5 Å². The van der Waals surface area contributed by atoms with Gasteiger partial charge < -0.3 is 15.4 Å². The van der Waals surface area contributed by atoms with E-state index in [2.05, 4.69) is 10.6 Å². The summed E-state index contributed by atoms with van der Waals surface area (Å²) in [5.41, 5.74) is -0.252. The third-order valence-corrected chi connectivity index (χ3v) is 3.72. The van der Waals surface area contributed by atoms with Gasteiger partial charge in [0.25, 0.3) is 0 Å².